The number of hydrogen-bond acceptors (Lipinski definition) is 3. The fraction of sp³-hybridized carbons (Fsp3) is 0.125. The molecule has 0 heterocycles. The van der Waals surface area contributed by atoms with E-state index in [0.717, 1.165) is 6.08 Å². The molecule has 1 rings (SSSR count). The van der Waals surface area contributed by atoms with Crippen molar-refractivity contribution in [2.75, 3.05) is 0 Å². The Bertz CT molecular complexity index is 477. The van der Waals surface area contributed by atoms with Crippen LogP contribution in [0.4, 0.5) is 0 Å². The highest BCUT2D eigenvalue weighted by Crippen LogP contribution is 2.17. The van der Waals surface area contributed by atoms with Gasteiger partial charge in [0.15, 0.2) is 0 Å². The highest BCUT2D eigenvalue weighted by Gasteiger charge is 2.11. The van der Waals surface area contributed by atoms with Crippen LogP contribution in [0, 0.1) is 0 Å². The van der Waals surface area contributed by atoms with Gasteiger partial charge in [-0.3, -0.25) is 0 Å². The van der Waals surface area contributed by atoms with Crippen LogP contribution in [-0.4, -0.2) is 14.5 Å². The molecule has 0 aliphatic rings. The molecule has 0 spiro atoms. The van der Waals surface area contributed by atoms with E-state index in [-0.39, 0.29) is 5.75 Å². The van der Waals surface area contributed by atoms with Crippen LogP contribution in [0.2, 0.25) is 5.02 Å². The lowest BCUT2D eigenvalue weighted by Crippen LogP contribution is -2.00. The van der Waals surface area contributed by atoms with Crippen LogP contribution >= 0.6 is 11.6 Å². The van der Waals surface area contributed by atoms with Gasteiger partial charge in [-0.15, -0.1) is 0 Å². The Morgan fingerprint density at radius 1 is 1.36 bits per heavy atom. The van der Waals surface area contributed by atoms with Gasteiger partial charge in [0.25, 0.3) is 16.1 Å². The number of halogens is 1. The highest BCUT2D eigenvalue weighted by molar-refractivity contribution is 7.89. The van der Waals surface area contributed by atoms with Crippen molar-refractivity contribution in [3.63, 3.8) is 0 Å². The van der Waals surface area contributed by atoms with Gasteiger partial charge < -0.3 is 0 Å². The molecule has 6 heteroatoms. The van der Waals surface area contributed by atoms with Gasteiger partial charge in [0.05, 0.1) is 5.75 Å². The van der Waals surface area contributed by atoms with E-state index in [2.05, 4.69) is 4.40 Å². The number of hydrogen-bond donors (Lipinski definition) is 0. The number of sulfonamides is 1. The quantitative estimate of drug-likeness (QED) is 0.585. The predicted molar refractivity (Wildman–Crippen MR) is 52.2 cm³/mol. The summed E-state index contributed by atoms with van der Waals surface area (Å²) in [5.41, 5.74) is 0.410. The van der Waals surface area contributed by atoms with Crippen molar-refractivity contribution in [2.45, 2.75) is 5.75 Å². The summed E-state index contributed by atoms with van der Waals surface area (Å²) in [6.45, 7) is 0. The van der Waals surface area contributed by atoms with Crippen molar-refractivity contribution in [3.05, 3.63) is 34.9 Å². The van der Waals surface area contributed by atoms with Gasteiger partial charge in [0.1, 0.15) is 0 Å². The lowest BCUT2D eigenvalue weighted by molar-refractivity contribution is 0.563. The number of nitrogens with zero attached hydrogens (tertiary/aromatic N) is 1. The molecule has 0 aromatic heterocycles. The van der Waals surface area contributed by atoms with Crippen molar-refractivity contribution in [1.82, 2.24) is 0 Å². The minimum atomic E-state index is -3.79. The third-order valence-electron chi connectivity index (χ3n) is 1.47. The smallest absolute Gasteiger partial charge is 0.210 e. The molecule has 0 saturated heterocycles. The second kappa shape index (κ2) is 4.37. The Morgan fingerprint density at radius 2 is 2.00 bits per heavy atom. The molecule has 0 bridgehead atoms. The second-order valence-corrected chi connectivity index (χ2v) is 4.54. The Balaban J connectivity index is 3.01. The van der Waals surface area contributed by atoms with E-state index in [4.69, 9.17) is 11.6 Å². The first-order valence-electron chi connectivity index (χ1n) is 3.60. The van der Waals surface area contributed by atoms with Crippen LogP contribution in [0.25, 0.3) is 0 Å². The summed E-state index contributed by atoms with van der Waals surface area (Å²) in [5.74, 6) is -0.387. The lowest BCUT2D eigenvalue weighted by Gasteiger charge is -1.99. The largest absolute Gasteiger partial charge is 0.267 e. The third-order valence-corrected chi connectivity index (χ3v) is 2.87. The molecule has 0 radical (unpaired) electrons. The van der Waals surface area contributed by atoms with E-state index < -0.39 is 10.0 Å². The minimum Gasteiger partial charge on any atom is -0.210 e. The average Bonchev–Trinajstić information content (AvgIpc) is 2.08. The first kappa shape index (κ1) is 10.9. The SMILES string of the molecule is O=C=NS(=O)(=O)Cc1ccccc1Cl. The molecule has 0 aliphatic heterocycles. The van der Waals surface area contributed by atoms with E-state index in [9.17, 15) is 13.2 Å². The van der Waals surface area contributed by atoms with Crippen molar-refractivity contribution in [3.8, 4) is 0 Å². The van der Waals surface area contributed by atoms with E-state index in [0.29, 0.717) is 10.6 Å². The number of carbonyl (C=O) groups excluding carboxylic acids is 1. The van der Waals surface area contributed by atoms with Crippen molar-refractivity contribution in [2.24, 2.45) is 4.40 Å². The molecule has 74 valence electrons. The van der Waals surface area contributed by atoms with Crippen molar-refractivity contribution in [1.29, 1.82) is 0 Å². The maximum Gasteiger partial charge on any atom is 0.267 e. The molecule has 0 atom stereocenters. The van der Waals surface area contributed by atoms with Gasteiger partial charge in [0, 0.05) is 5.02 Å². The van der Waals surface area contributed by atoms with Crippen LogP contribution in [0.1, 0.15) is 5.56 Å². The van der Waals surface area contributed by atoms with Crippen LogP contribution in [0.3, 0.4) is 0 Å². The summed E-state index contributed by atoms with van der Waals surface area (Å²) in [6.07, 6.45) is 0.992. The van der Waals surface area contributed by atoms with Gasteiger partial charge in [-0.05, 0) is 11.6 Å². The second-order valence-electron chi connectivity index (χ2n) is 2.50. The van der Waals surface area contributed by atoms with Crippen LogP contribution in [-0.2, 0) is 20.6 Å². The molecule has 0 N–H and O–H groups in total. The van der Waals surface area contributed by atoms with Crippen molar-refractivity contribution < 1.29 is 13.2 Å². The van der Waals surface area contributed by atoms with Gasteiger partial charge in [-0.2, -0.15) is 0 Å². The summed E-state index contributed by atoms with van der Waals surface area (Å²) in [6, 6.07) is 6.46. The molecule has 1 aromatic rings. The topological polar surface area (TPSA) is 63.6 Å². The van der Waals surface area contributed by atoms with Crippen LogP contribution < -0.4 is 0 Å². The molecular formula is C8H6ClNO3S. The van der Waals surface area contributed by atoms with E-state index in [1.165, 1.54) is 0 Å². The van der Waals surface area contributed by atoms with E-state index >= 15 is 0 Å². The van der Waals surface area contributed by atoms with Crippen molar-refractivity contribution >= 4 is 27.7 Å². The summed E-state index contributed by atoms with van der Waals surface area (Å²) in [4.78, 5) is 9.79. The Morgan fingerprint density at radius 3 is 2.57 bits per heavy atom. The first-order chi connectivity index (χ1) is 6.55. The molecule has 0 fully saturated rings. The zero-order valence-electron chi connectivity index (χ0n) is 6.97. The number of rotatable bonds is 3. The molecule has 0 amide bonds. The molecule has 0 saturated carbocycles. The lowest BCUT2D eigenvalue weighted by atomic mass is 10.2. The molecular weight excluding hydrogens is 226 g/mol. The maximum absolute atomic E-state index is 11.1. The van der Waals surface area contributed by atoms with Gasteiger partial charge in [-0.1, -0.05) is 34.2 Å². The Labute approximate surface area is 86.3 Å². The summed E-state index contributed by atoms with van der Waals surface area (Å²) in [7, 11) is -3.79. The zero-order valence-corrected chi connectivity index (χ0v) is 8.55. The summed E-state index contributed by atoms with van der Waals surface area (Å²) < 4.78 is 24.8. The maximum atomic E-state index is 11.1. The zero-order chi connectivity index (χ0) is 10.6. The Hall–Kier alpha value is -1.16. The number of isocyanates is 1. The average molecular weight is 232 g/mol. The molecule has 1 aromatic carbocycles. The van der Waals surface area contributed by atoms with Gasteiger partial charge in [-0.25, -0.2) is 13.2 Å². The summed E-state index contributed by atoms with van der Waals surface area (Å²) >= 11 is 5.73. The molecule has 4 nitrogen and oxygen atoms in total. The number of benzene rings is 1. The molecule has 14 heavy (non-hydrogen) atoms. The molecule has 0 aliphatic carbocycles. The fourth-order valence-electron chi connectivity index (χ4n) is 0.901. The fourth-order valence-corrected chi connectivity index (χ4v) is 2.01. The molecule has 0 unspecified atom stereocenters. The Kier molecular flexibility index (Phi) is 3.41. The summed E-state index contributed by atoms with van der Waals surface area (Å²) in [5, 5.41) is 0.331. The van der Waals surface area contributed by atoms with Gasteiger partial charge >= 0.3 is 0 Å². The highest BCUT2D eigenvalue weighted by atomic mass is 35.5. The van der Waals surface area contributed by atoms with Crippen LogP contribution in [0.5, 0.6) is 0 Å². The standard InChI is InChI=1S/C8H6ClNO3S/c9-8-4-2-1-3-7(8)5-14(12,13)10-6-11/h1-4H,5H2. The minimum absolute atomic E-state index is 0.331. The normalized spacial score (nSPS) is 10.6. The monoisotopic (exact) mass is 231 g/mol. The first-order valence-corrected chi connectivity index (χ1v) is 5.59. The van der Waals surface area contributed by atoms with E-state index in [1.807, 2.05) is 0 Å². The third kappa shape index (κ3) is 2.96. The predicted octanol–water partition coefficient (Wildman–Crippen LogP) is 1.51. The van der Waals surface area contributed by atoms with Crippen LogP contribution in [0.15, 0.2) is 28.7 Å². The van der Waals surface area contributed by atoms with Gasteiger partial charge in [0.2, 0.25) is 0 Å². The van der Waals surface area contributed by atoms with E-state index in [1.54, 1.807) is 24.3 Å².